The zero-order chi connectivity index (χ0) is 17.3. The van der Waals surface area contributed by atoms with Gasteiger partial charge in [0.1, 0.15) is 0 Å². The first-order valence-electron chi connectivity index (χ1n) is 8.50. The molecule has 1 saturated carbocycles. The summed E-state index contributed by atoms with van der Waals surface area (Å²) >= 11 is 0. The summed E-state index contributed by atoms with van der Waals surface area (Å²) in [6, 6.07) is 6.24. The second-order valence-electron chi connectivity index (χ2n) is 6.83. The molecule has 0 aliphatic heterocycles. The number of carbonyl (C=O) groups excluding carboxylic acids is 1. The van der Waals surface area contributed by atoms with Gasteiger partial charge in [0, 0.05) is 17.6 Å². The van der Waals surface area contributed by atoms with Crippen molar-refractivity contribution in [1.29, 1.82) is 0 Å². The second-order valence-corrected chi connectivity index (χ2v) is 8.54. The van der Waals surface area contributed by atoms with E-state index in [2.05, 4.69) is 22.2 Å². The smallest absolute Gasteiger partial charge is 0.240 e. The number of nitrogens with one attached hydrogen (secondary N) is 2. The number of allylic oxidation sites excluding steroid dienone is 2. The number of anilines is 1. The zero-order valence-electron chi connectivity index (χ0n) is 14.0. The molecule has 0 aromatic heterocycles. The maximum absolute atomic E-state index is 12.4. The summed E-state index contributed by atoms with van der Waals surface area (Å²) in [5.74, 6) is 0.968. The fourth-order valence-corrected chi connectivity index (χ4v) is 4.78. The van der Waals surface area contributed by atoms with E-state index in [1.165, 1.54) is 12.1 Å². The Balaban J connectivity index is 1.64. The van der Waals surface area contributed by atoms with Gasteiger partial charge in [-0.3, -0.25) is 4.79 Å². The average Bonchev–Trinajstić information content (AvgIpc) is 3.18. The van der Waals surface area contributed by atoms with Gasteiger partial charge in [-0.2, -0.15) is 0 Å². The Kier molecular flexibility index (Phi) is 4.78. The standard InChI is InChI=1S/C18H24N2O3S/c1-3-12(2)20-24(22,23)16-8-6-15(7-9-16)19-18(21)17-11-13-4-5-14(17)10-13/h4-9,12-14,17,20H,3,10-11H2,1-2H3,(H,19,21)/t12-,13-,14-,17-/m0/s1. The molecule has 1 fully saturated rings. The first kappa shape index (κ1) is 17.2. The summed E-state index contributed by atoms with van der Waals surface area (Å²) in [5, 5.41) is 2.91. The minimum Gasteiger partial charge on any atom is -0.326 e. The molecule has 2 bridgehead atoms. The number of benzene rings is 1. The highest BCUT2D eigenvalue weighted by atomic mass is 32.2. The van der Waals surface area contributed by atoms with Crippen LogP contribution in [0.15, 0.2) is 41.3 Å². The van der Waals surface area contributed by atoms with Crippen LogP contribution in [0.2, 0.25) is 0 Å². The van der Waals surface area contributed by atoms with E-state index in [0.29, 0.717) is 17.5 Å². The summed E-state index contributed by atoms with van der Waals surface area (Å²) in [6.45, 7) is 3.76. The number of carbonyl (C=O) groups is 1. The first-order valence-corrected chi connectivity index (χ1v) is 9.99. The molecule has 1 aromatic rings. The van der Waals surface area contributed by atoms with Crippen LogP contribution in [0.25, 0.3) is 0 Å². The van der Waals surface area contributed by atoms with Gasteiger partial charge >= 0.3 is 0 Å². The van der Waals surface area contributed by atoms with Crippen LogP contribution in [0.1, 0.15) is 33.1 Å². The van der Waals surface area contributed by atoms with E-state index in [0.717, 1.165) is 19.3 Å². The third-order valence-corrected chi connectivity index (χ3v) is 6.62. The monoisotopic (exact) mass is 348 g/mol. The molecule has 3 rings (SSSR count). The van der Waals surface area contributed by atoms with Crippen molar-refractivity contribution in [3.63, 3.8) is 0 Å². The Hall–Kier alpha value is -1.66. The predicted molar refractivity (Wildman–Crippen MR) is 94.0 cm³/mol. The van der Waals surface area contributed by atoms with Gasteiger partial charge in [0.15, 0.2) is 0 Å². The van der Waals surface area contributed by atoms with Crippen LogP contribution >= 0.6 is 0 Å². The number of sulfonamides is 1. The normalized spacial score (nSPS) is 26.5. The third kappa shape index (κ3) is 3.54. The largest absolute Gasteiger partial charge is 0.326 e. The molecule has 0 heterocycles. The summed E-state index contributed by atoms with van der Waals surface area (Å²) < 4.78 is 27.1. The van der Waals surface area contributed by atoms with E-state index >= 15 is 0 Å². The van der Waals surface area contributed by atoms with Gasteiger partial charge in [0.2, 0.25) is 15.9 Å². The number of hydrogen-bond donors (Lipinski definition) is 2. The lowest BCUT2D eigenvalue weighted by Gasteiger charge is -2.18. The number of amides is 1. The Morgan fingerprint density at radius 3 is 2.46 bits per heavy atom. The van der Waals surface area contributed by atoms with E-state index in [1.807, 2.05) is 13.8 Å². The minimum absolute atomic E-state index is 0.0280. The first-order chi connectivity index (χ1) is 11.4. The van der Waals surface area contributed by atoms with E-state index in [9.17, 15) is 13.2 Å². The quantitative estimate of drug-likeness (QED) is 0.776. The number of fused-ring (bicyclic) bond motifs is 2. The van der Waals surface area contributed by atoms with Gasteiger partial charge in [0.05, 0.1) is 4.90 Å². The van der Waals surface area contributed by atoms with E-state index in [1.54, 1.807) is 12.1 Å². The lowest BCUT2D eigenvalue weighted by atomic mass is 9.93. The van der Waals surface area contributed by atoms with Crippen molar-refractivity contribution in [2.45, 2.75) is 44.0 Å². The number of rotatable bonds is 6. The lowest BCUT2D eigenvalue weighted by Crippen LogP contribution is -2.32. The van der Waals surface area contributed by atoms with E-state index in [4.69, 9.17) is 0 Å². The Morgan fingerprint density at radius 2 is 1.92 bits per heavy atom. The molecule has 2 N–H and O–H groups in total. The molecule has 130 valence electrons. The van der Waals surface area contributed by atoms with E-state index < -0.39 is 10.0 Å². The highest BCUT2D eigenvalue weighted by Crippen LogP contribution is 2.43. The second kappa shape index (κ2) is 6.69. The summed E-state index contributed by atoms with van der Waals surface area (Å²) in [7, 11) is -3.51. The molecular weight excluding hydrogens is 324 g/mol. The van der Waals surface area contributed by atoms with E-state index in [-0.39, 0.29) is 22.8 Å². The van der Waals surface area contributed by atoms with Crippen LogP contribution in [-0.2, 0) is 14.8 Å². The Bertz CT molecular complexity index is 740. The average molecular weight is 348 g/mol. The molecule has 24 heavy (non-hydrogen) atoms. The third-order valence-electron chi connectivity index (χ3n) is 5.02. The van der Waals surface area contributed by atoms with Crippen molar-refractivity contribution in [2.75, 3.05) is 5.32 Å². The van der Waals surface area contributed by atoms with Crippen molar-refractivity contribution in [3.8, 4) is 0 Å². The maximum Gasteiger partial charge on any atom is 0.240 e. The van der Waals surface area contributed by atoms with Crippen LogP contribution in [0.5, 0.6) is 0 Å². The van der Waals surface area contributed by atoms with Gasteiger partial charge < -0.3 is 5.32 Å². The molecule has 0 unspecified atom stereocenters. The van der Waals surface area contributed by atoms with Gasteiger partial charge in [-0.15, -0.1) is 0 Å². The van der Waals surface area contributed by atoms with Gasteiger partial charge in [-0.05, 0) is 62.3 Å². The molecule has 5 nitrogen and oxygen atoms in total. The topological polar surface area (TPSA) is 75.3 Å². The highest BCUT2D eigenvalue weighted by Gasteiger charge is 2.39. The van der Waals surface area contributed by atoms with Crippen molar-refractivity contribution in [3.05, 3.63) is 36.4 Å². The molecule has 0 saturated heterocycles. The molecule has 2 aliphatic carbocycles. The van der Waals surface area contributed by atoms with Crippen LogP contribution in [0.4, 0.5) is 5.69 Å². The molecule has 0 radical (unpaired) electrons. The van der Waals surface area contributed by atoms with Crippen LogP contribution in [0.3, 0.4) is 0 Å². The van der Waals surface area contributed by atoms with Gasteiger partial charge in [-0.25, -0.2) is 13.1 Å². The molecule has 0 spiro atoms. The zero-order valence-corrected chi connectivity index (χ0v) is 14.8. The van der Waals surface area contributed by atoms with Crippen LogP contribution < -0.4 is 10.0 Å². The van der Waals surface area contributed by atoms with Crippen molar-refractivity contribution in [1.82, 2.24) is 4.72 Å². The summed E-state index contributed by atoms with van der Waals surface area (Å²) in [5.41, 5.74) is 0.634. The van der Waals surface area contributed by atoms with Gasteiger partial charge in [-0.1, -0.05) is 19.1 Å². The number of hydrogen-bond acceptors (Lipinski definition) is 3. The fourth-order valence-electron chi connectivity index (χ4n) is 3.45. The Morgan fingerprint density at radius 1 is 1.21 bits per heavy atom. The SMILES string of the molecule is CC[C@H](C)NS(=O)(=O)c1ccc(NC(=O)[C@H]2C[C@H]3C=C[C@H]2C3)cc1. The molecule has 1 aromatic carbocycles. The molecule has 2 aliphatic rings. The Labute approximate surface area is 143 Å². The van der Waals surface area contributed by atoms with Crippen molar-refractivity contribution >= 4 is 21.6 Å². The lowest BCUT2D eigenvalue weighted by molar-refractivity contribution is -0.120. The molecule has 1 amide bonds. The summed E-state index contributed by atoms with van der Waals surface area (Å²) in [6.07, 6.45) is 7.08. The van der Waals surface area contributed by atoms with Gasteiger partial charge in [0.25, 0.3) is 0 Å². The van der Waals surface area contributed by atoms with Crippen LogP contribution in [0, 0.1) is 17.8 Å². The fraction of sp³-hybridized carbons (Fsp3) is 0.500. The van der Waals surface area contributed by atoms with Crippen molar-refractivity contribution in [2.24, 2.45) is 17.8 Å². The highest BCUT2D eigenvalue weighted by molar-refractivity contribution is 7.89. The molecule has 4 atom stereocenters. The predicted octanol–water partition coefficient (Wildman–Crippen LogP) is 2.91. The molecule has 6 heteroatoms. The summed E-state index contributed by atoms with van der Waals surface area (Å²) in [4.78, 5) is 12.6. The van der Waals surface area contributed by atoms with Crippen molar-refractivity contribution < 1.29 is 13.2 Å². The minimum atomic E-state index is -3.51. The maximum atomic E-state index is 12.4. The van der Waals surface area contributed by atoms with Crippen LogP contribution in [-0.4, -0.2) is 20.4 Å². The molecular formula is C18H24N2O3S.